The Hall–Kier alpha value is -2.06. The molecule has 1 N–H and O–H groups in total. The van der Waals surface area contributed by atoms with E-state index < -0.39 is 0 Å². The van der Waals surface area contributed by atoms with Crippen molar-refractivity contribution >= 4 is 33.2 Å². The summed E-state index contributed by atoms with van der Waals surface area (Å²) in [6, 6.07) is 7.37. The zero-order valence-corrected chi connectivity index (χ0v) is 13.1. The first-order valence-electron chi connectivity index (χ1n) is 6.06. The summed E-state index contributed by atoms with van der Waals surface area (Å²) < 4.78 is 2.51. The Morgan fingerprint density at radius 3 is 2.86 bits per heavy atom. The molecular formula is C13H10BrN5OS. The standard InChI is InChI=1S/C13H10BrN5OS/c14-11-3-2-10(21-11)13(20)17-6-9-1-4-12(16-5-9)19-8-15-7-18-19/h1-5,7-8H,6H2,(H,17,20). The second-order valence-corrected chi connectivity index (χ2v) is 6.61. The smallest absolute Gasteiger partial charge is 0.261 e. The summed E-state index contributed by atoms with van der Waals surface area (Å²) in [6.45, 7) is 0.430. The van der Waals surface area contributed by atoms with Crippen molar-refractivity contribution in [1.29, 1.82) is 0 Å². The van der Waals surface area contributed by atoms with Crippen LogP contribution in [0.2, 0.25) is 0 Å². The van der Waals surface area contributed by atoms with Gasteiger partial charge in [-0.25, -0.2) is 14.6 Å². The molecule has 0 aliphatic rings. The number of hydrogen-bond acceptors (Lipinski definition) is 5. The van der Waals surface area contributed by atoms with E-state index in [2.05, 4.69) is 36.3 Å². The first-order valence-corrected chi connectivity index (χ1v) is 7.67. The molecule has 3 aromatic rings. The van der Waals surface area contributed by atoms with Crippen molar-refractivity contribution < 1.29 is 4.79 Å². The summed E-state index contributed by atoms with van der Waals surface area (Å²) in [7, 11) is 0. The molecule has 106 valence electrons. The number of pyridine rings is 1. The number of aromatic nitrogens is 4. The number of nitrogens with one attached hydrogen (secondary N) is 1. The van der Waals surface area contributed by atoms with Crippen LogP contribution in [0.3, 0.4) is 0 Å². The largest absolute Gasteiger partial charge is 0.347 e. The average Bonchev–Trinajstić information content (AvgIpc) is 3.16. The van der Waals surface area contributed by atoms with E-state index >= 15 is 0 Å². The Balaban J connectivity index is 1.62. The van der Waals surface area contributed by atoms with Crippen molar-refractivity contribution in [2.75, 3.05) is 0 Å². The van der Waals surface area contributed by atoms with Crippen molar-refractivity contribution in [2.45, 2.75) is 6.54 Å². The lowest BCUT2D eigenvalue weighted by molar-refractivity contribution is 0.0955. The molecular weight excluding hydrogens is 354 g/mol. The fourth-order valence-corrected chi connectivity index (χ4v) is 2.99. The van der Waals surface area contributed by atoms with Crippen LogP contribution in [-0.2, 0) is 6.54 Å². The Morgan fingerprint density at radius 1 is 1.33 bits per heavy atom. The molecule has 3 rings (SSSR count). The maximum Gasteiger partial charge on any atom is 0.261 e. The molecule has 1 amide bonds. The molecule has 0 aliphatic carbocycles. The normalized spacial score (nSPS) is 10.5. The minimum Gasteiger partial charge on any atom is -0.347 e. The summed E-state index contributed by atoms with van der Waals surface area (Å²) in [4.78, 5) is 20.7. The number of carbonyl (C=O) groups is 1. The number of carbonyl (C=O) groups excluding carboxylic acids is 1. The van der Waals surface area contributed by atoms with Crippen molar-refractivity contribution in [1.82, 2.24) is 25.1 Å². The summed E-state index contributed by atoms with van der Waals surface area (Å²) in [5.74, 6) is 0.593. The van der Waals surface area contributed by atoms with E-state index in [9.17, 15) is 4.79 Å². The first kappa shape index (κ1) is 13.9. The predicted molar refractivity (Wildman–Crippen MR) is 82.3 cm³/mol. The monoisotopic (exact) mass is 363 g/mol. The second kappa shape index (κ2) is 6.15. The van der Waals surface area contributed by atoms with Crippen LogP contribution < -0.4 is 5.32 Å². The molecule has 0 bridgehead atoms. The number of thiophene rings is 1. The van der Waals surface area contributed by atoms with Gasteiger partial charge in [-0.2, -0.15) is 5.10 Å². The van der Waals surface area contributed by atoms with Gasteiger partial charge < -0.3 is 5.32 Å². The summed E-state index contributed by atoms with van der Waals surface area (Å²) in [6.07, 6.45) is 4.75. The Kier molecular flexibility index (Phi) is 4.07. The lowest BCUT2D eigenvalue weighted by atomic mass is 10.3. The van der Waals surface area contributed by atoms with Gasteiger partial charge in [0.15, 0.2) is 5.82 Å². The SMILES string of the molecule is O=C(NCc1ccc(-n2cncn2)nc1)c1ccc(Br)s1. The van der Waals surface area contributed by atoms with Crippen LogP contribution >= 0.6 is 27.3 Å². The highest BCUT2D eigenvalue weighted by molar-refractivity contribution is 9.11. The lowest BCUT2D eigenvalue weighted by Gasteiger charge is -2.04. The maximum absolute atomic E-state index is 11.9. The van der Waals surface area contributed by atoms with Gasteiger partial charge >= 0.3 is 0 Å². The van der Waals surface area contributed by atoms with Gasteiger partial charge in [0.25, 0.3) is 5.91 Å². The van der Waals surface area contributed by atoms with E-state index in [1.165, 1.54) is 17.7 Å². The highest BCUT2D eigenvalue weighted by Crippen LogP contribution is 2.21. The zero-order chi connectivity index (χ0) is 14.7. The lowest BCUT2D eigenvalue weighted by Crippen LogP contribution is -2.21. The molecule has 3 heterocycles. The van der Waals surface area contributed by atoms with Gasteiger partial charge in [-0.05, 0) is 39.7 Å². The fraction of sp³-hybridized carbons (Fsp3) is 0.0769. The number of halogens is 1. The van der Waals surface area contributed by atoms with E-state index in [0.717, 1.165) is 9.35 Å². The van der Waals surface area contributed by atoms with E-state index in [1.807, 2.05) is 18.2 Å². The molecule has 0 saturated carbocycles. The predicted octanol–water partition coefficient (Wildman–Crippen LogP) is 2.42. The highest BCUT2D eigenvalue weighted by Gasteiger charge is 2.08. The minimum atomic E-state index is -0.0916. The molecule has 6 nitrogen and oxygen atoms in total. The molecule has 3 aromatic heterocycles. The fourth-order valence-electron chi connectivity index (χ4n) is 1.69. The van der Waals surface area contributed by atoms with Gasteiger partial charge in [0.2, 0.25) is 0 Å². The van der Waals surface area contributed by atoms with Gasteiger partial charge in [0.1, 0.15) is 12.7 Å². The topological polar surface area (TPSA) is 72.7 Å². The van der Waals surface area contributed by atoms with Gasteiger partial charge in [0, 0.05) is 12.7 Å². The van der Waals surface area contributed by atoms with Gasteiger partial charge in [0.05, 0.1) is 8.66 Å². The number of amides is 1. The van der Waals surface area contributed by atoms with Crippen molar-refractivity contribution in [3.63, 3.8) is 0 Å². The van der Waals surface area contributed by atoms with Crippen molar-refractivity contribution in [3.05, 3.63) is 57.3 Å². The van der Waals surface area contributed by atoms with Gasteiger partial charge in [-0.15, -0.1) is 11.3 Å². The van der Waals surface area contributed by atoms with E-state index in [1.54, 1.807) is 23.3 Å². The Morgan fingerprint density at radius 2 is 2.24 bits per heavy atom. The van der Waals surface area contributed by atoms with E-state index in [4.69, 9.17) is 0 Å². The third kappa shape index (κ3) is 3.34. The molecule has 0 aromatic carbocycles. The third-order valence-electron chi connectivity index (χ3n) is 2.71. The molecule has 0 unspecified atom stereocenters. The molecule has 0 spiro atoms. The number of rotatable bonds is 4. The Labute approximate surface area is 133 Å². The summed E-state index contributed by atoms with van der Waals surface area (Å²) in [5.41, 5.74) is 0.919. The number of hydrogen-bond donors (Lipinski definition) is 1. The van der Waals surface area contributed by atoms with Crippen LogP contribution in [0.4, 0.5) is 0 Å². The minimum absolute atomic E-state index is 0.0916. The van der Waals surface area contributed by atoms with Crippen LogP contribution in [0.1, 0.15) is 15.2 Å². The highest BCUT2D eigenvalue weighted by atomic mass is 79.9. The molecule has 0 radical (unpaired) electrons. The molecule has 0 saturated heterocycles. The molecule has 8 heteroatoms. The van der Waals surface area contributed by atoms with Crippen LogP contribution in [0.5, 0.6) is 0 Å². The maximum atomic E-state index is 11.9. The summed E-state index contributed by atoms with van der Waals surface area (Å²) >= 11 is 4.74. The number of nitrogens with zero attached hydrogens (tertiary/aromatic N) is 4. The third-order valence-corrected chi connectivity index (χ3v) is 4.34. The van der Waals surface area contributed by atoms with Crippen LogP contribution in [0, 0.1) is 0 Å². The van der Waals surface area contributed by atoms with Gasteiger partial charge in [-0.1, -0.05) is 6.07 Å². The van der Waals surface area contributed by atoms with Crippen molar-refractivity contribution in [3.8, 4) is 5.82 Å². The molecule has 0 fully saturated rings. The summed E-state index contributed by atoms with van der Waals surface area (Å²) in [5, 5.41) is 6.86. The Bertz CT molecular complexity index is 738. The second-order valence-electron chi connectivity index (χ2n) is 4.15. The molecule has 21 heavy (non-hydrogen) atoms. The first-order chi connectivity index (χ1) is 10.2. The quantitative estimate of drug-likeness (QED) is 0.772. The van der Waals surface area contributed by atoms with Crippen molar-refractivity contribution in [2.24, 2.45) is 0 Å². The molecule has 0 atom stereocenters. The van der Waals surface area contributed by atoms with Gasteiger partial charge in [-0.3, -0.25) is 4.79 Å². The van der Waals surface area contributed by atoms with Crippen LogP contribution in [0.25, 0.3) is 5.82 Å². The molecule has 0 aliphatic heterocycles. The van der Waals surface area contributed by atoms with Crippen LogP contribution in [0.15, 0.2) is 46.9 Å². The van der Waals surface area contributed by atoms with E-state index in [0.29, 0.717) is 17.2 Å². The van der Waals surface area contributed by atoms with Crippen LogP contribution in [-0.4, -0.2) is 25.7 Å². The zero-order valence-electron chi connectivity index (χ0n) is 10.7. The average molecular weight is 364 g/mol. The van der Waals surface area contributed by atoms with E-state index in [-0.39, 0.29) is 5.91 Å².